The molecule has 0 saturated carbocycles. The molecule has 3 heterocycles. The monoisotopic (exact) mass is 425 g/mol. The molecule has 1 aliphatic heterocycles. The number of hydrogen-bond donors (Lipinski definition) is 1. The number of hydrogen-bond acceptors (Lipinski definition) is 4. The van der Waals surface area contributed by atoms with E-state index in [1.54, 1.807) is 13.2 Å². The predicted octanol–water partition coefficient (Wildman–Crippen LogP) is 1.27. The number of nitrogens with zero attached hydrogens (tertiary/aromatic N) is 4. The van der Waals surface area contributed by atoms with Crippen molar-refractivity contribution in [3.8, 4) is 0 Å². The zero-order chi connectivity index (χ0) is 21.9. The van der Waals surface area contributed by atoms with Crippen molar-refractivity contribution in [3.05, 3.63) is 52.2 Å². The smallest absolute Gasteiger partial charge is 0.352 e. The number of nitrogens with one attached hydrogen (secondary N) is 1. The summed E-state index contributed by atoms with van der Waals surface area (Å²) in [4.78, 5) is 38.0. The van der Waals surface area contributed by atoms with Crippen molar-refractivity contribution >= 4 is 11.8 Å². The number of halogens is 3. The molecular weight excluding hydrogens is 403 g/mol. The summed E-state index contributed by atoms with van der Waals surface area (Å²) in [6.45, 7) is 0.855. The molecule has 0 unspecified atom stereocenters. The Morgan fingerprint density at radius 1 is 1.27 bits per heavy atom. The number of alkyl halides is 3. The highest BCUT2D eigenvalue weighted by Crippen LogP contribution is 2.26. The van der Waals surface area contributed by atoms with Gasteiger partial charge in [0.15, 0.2) is 0 Å². The topological polar surface area (TPSA) is 89.2 Å². The largest absolute Gasteiger partial charge is 0.421 e. The molecule has 2 amide bonds. The Morgan fingerprint density at radius 3 is 2.57 bits per heavy atom. The molecule has 11 heteroatoms. The first-order valence-corrected chi connectivity index (χ1v) is 9.46. The quantitative estimate of drug-likeness (QED) is 0.782. The average molecular weight is 425 g/mol. The molecular formula is C19H22F3N5O3. The van der Waals surface area contributed by atoms with Crippen LogP contribution in [0.4, 0.5) is 13.2 Å². The lowest BCUT2D eigenvalue weighted by molar-refractivity contribution is -0.139. The summed E-state index contributed by atoms with van der Waals surface area (Å²) in [5.74, 6) is -0.439. The minimum Gasteiger partial charge on any atom is -0.352 e. The first-order chi connectivity index (χ1) is 14.1. The lowest BCUT2D eigenvalue weighted by atomic mass is 9.96. The summed E-state index contributed by atoms with van der Waals surface area (Å²) in [5, 5.41) is 6.79. The van der Waals surface area contributed by atoms with Gasteiger partial charge in [-0.1, -0.05) is 0 Å². The third-order valence-corrected chi connectivity index (χ3v) is 5.12. The third kappa shape index (κ3) is 5.08. The first kappa shape index (κ1) is 21.6. The number of likely N-dealkylation sites (tertiary alicyclic amines) is 1. The predicted molar refractivity (Wildman–Crippen MR) is 101 cm³/mol. The van der Waals surface area contributed by atoms with Gasteiger partial charge in [0.25, 0.3) is 11.5 Å². The zero-order valence-electron chi connectivity index (χ0n) is 16.4. The van der Waals surface area contributed by atoms with Crippen molar-refractivity contribution in [1.29, 1.82) is 0 Å². The van der Waals surface area contributed by atoms with Crippen LogP contribution in [0.5, 0.6) is 0 Å². The van der Waals surface area contributed by atoms with E-state index < -0.39 is 29.8 Å². The van der Waals surface area contributed by atoms with Crippen LogP contribution in [-0.2, 0) is 24.6 Å². The van der Waals surface area contributed by atoms with E-state index in [9.17, 15) is 27.6 Å². The van der Waals surface area contributed by atoms with Crippen LogP contribution in [0.15, 0.2) is 35.5 Å². The highest BCUT2D eigenvalue weighted by molar-refractivity contribution is 5.93. The Balaban J connectivity index is 1.50. The molecule has 1 aliphatic rings. The molecule has 3 rings (SSSR count). The van der Waals surface area contributed by atoms with Crippen LogP contribution in [0.3, 0.4) is 0 Å². The molecule has 0 atom stereocenters. The fourth-order valence-electron chi connectivity index (χ4n) is 3.39. The van der Waals surface area contributed by atoms with Crippen molar-refractivity contribution in [2.75, 3.05) is 19.6 Å². The Hall–Kier alpha value is -3.11. The number of carbonyl (C=O) groups excluding carboxylic acids is 2. The Kier molecular flexibility index (Phi) is 6.28. The van der Waals surface area contributed by atoms with E-state index in [0.717, 1.165) is 10.6 Å². The van der Waals surface area contributed by atoms with Gasteiger partial charge >= 0.3 is 6.18 Å². The molecule has 2 aromatic heterocycles. The minimum absolute atomic E-state index is 0.186. The van der Waals surface area contributed by atoms with E-state index in [-0.39, 0.29) is 11.8 Å². The number of rotatable bonds is 5. The van der Waals surface area contributed by atoms with E-state index >= 15 is 0 Å². The number of aryl methyl sites for hydroxylation is 1. The van der Waals surface area contributed by atoms with Crippen LogP contribution in [0.25, 0.3) is 0 Å². The van der Waals surface area contributed by atoms with Crippen molar-refractivity contribution < 1.29 is 22.8 Å². The summed E-state index contributed by atoms with van der Waals surface area (Å²) in [5.41, 5.74) is -2.05. The van der Waals surface area contributed by atoms with Crippen LogP contribution >= 0.6 is 0 Å². The molecule has 0 aromatic carbocycles. The van der Waals surface area contributed by atoms with E-state index in [1.165, 1.54) is 22.0 Å². The molecule has 0 spiro atoms. The maximum absolute atomic E-state index is 12.9. The van der Waals surface area contributed by atoms with Crippen molar-refractivity contribution in [1.82, 2.24) is 24.6 Å². The Bertz CT molecular complexity index is 974. The molecule has 0 radical (unpaired) electrons. The highest BCUT2D eigenvalue weighted by Gasteiger charge is 2.34. The van der Waals surface area contributed by atoms with Crippen LogP contribution in [0.1, 0.15) is 28.8 Å². The second-order valence-electron chi connectivity index (χ2n) is 7.29. The summed E-state index contributed by atoms with van der Waals surface area (Å²) in [7, 11) is 1.72. The van der Waals surface area contributed by atoms with Gasteiger partial charge in [0.1, 0.15) is 12.1 Å². The second-order valence-corrected chi connectivity index (χ2v) is 7.29. The maximum atomic E-state index is 12.9. The number of carbonyl (C=O) groups is 2. The van der Waals surface area contributed by atoms with Crippen molar-refractivity contribution in [3.63, 3.8) is 0 Å². The molecule has 0 aliphatic carbocycles. The summed E-state index contributed by atoms with van der Waals surface area (Å²) in [6, 6.07) is 1.81. The van der Waals surface area contributed by atoms with E-state index in [0.29, 0.717) is 44.1 Å². The standard InChI is InChI=1S/C19H22F3N5O3/c1-25-11-14(10-24-25)17(29)23-9-13-4-7-26(8-5-13)16(28)12-27-6-2-3-15(18(27)30)19(20,21)22/h2-3,6,10-11,13H,4-5,7-9,12H2,1H3,(H,23,29). The van der Waals surface area contributed by atoms with Crippen LogP contribution in [-0.4, -0.2) is 50.7 Å². The molecule has 1 N–H and O–H groups in total. The highest BCUT2D eigenvalue weighted by atomic mass is 19.4. The fraction of sp³-hybridized carbons (Fsp3) is 0.474. The number of pyridine rings is 1. The summed E-state index contributed by atoms with van der Waals surface area (Å²) >= 11 is 0. The van der Waals surface area contributed by atoms with Crippen LogP contribution in [0.2, 0.25) is 0 Å². The van der Waals surface area contributed by atoms with Crippen LogP contribution in [0, 0.1) is 5.92 Å². The average Bonchev–Trinajstić information content (AvgIpc) is 3.13. The fourth-order valence-corrected chi connectivity index (χ4v) is 3.39. The first-order valence-electron chi connectivity index (χ1n) is 9.46. The summed E-state index contributed by atoms with van der Waals surface area (Å²) in [6.07, 6.45) is 0.809. The van der Waals surface area contributed by atoms with Gasteiger partial charge in [0.2, 0.25) is 5.91 Å². The Morgan fingerprint density at radius 2 is 1.97 bits per heavy atom. The van der Waals surface area contributed by atoms with Crippen molar-refractivity contribution in [2.24, 2.45) is 13.0 Å². The van der Waals surface area contributed by atoms with E-state index in [2.05, 4.69) is 10.4 Å². The van der Waals surface area contributed by atoms with Gasteiger partial charge in [-0.2, -0.15) is 18.3 Å². The van der Waals surface area contributed by atoms with Gasteiger partial charge in [-0.3, -0.25) is 19.1 Å². The molecule has 162 valence electrons. The van der Waals surface area contributed by atoms with E-state index in [4.69, 9.17) is 0 Å². The molecule has 1 saturated heterocycles. The third-order valence-electron chi connectivity index (χ3n) is 5.12. The Labute approximate surface area is 170 Å². The minimum atomic E-state index is -4.76. The van der Waals surface area contributed by atoms with E-state index in [1.807, 2.05) is 0 Å². The second kappa shape index (κ2) is 8.72. The molecule has 30 heavy (non-hydrogen) atoms. The number of aromatic nitrogens is 3. The normalized spacial score (nSPS) is 15.3. The maximum Gasteiger partial charge on any atom is 0.421 e. The van der Waals surface area contributed by atoms with Crippen LogP contribution < -0.4 is 10.9 Å². The lowest BCUT2D eigenvalue weighted by Crippen LogP contribution is -2.44. The lowest BCUT2D eigenvalue weighted by Gasteiger charge is -2.32. The molecule has 0 bridgehead atoms. The van der Waals surface area contributed by atoms with Gasteiger partial charge in [0, 0.05) is 39.1 Å². The SMILES string of the molecule is Cn1cc(C(=O)NCC2CCN(C(=O)Cn3cccc(C(F)(F)F)c3=O)CC2)cn1. The molecule has 1 fully saturated rings. The van der Waals surface area contributed by atoms with Gasteiger partial charge in [-0.15, -0.1) is 0 Å². The molecule has 8 nitrogen and oxygen atoms in total. The van der Waals surface area contributed by atoms with Gasteiger partial charge in [-0.25, -0.2) is 0 Å². The van der Waals surface area contributed by atoms with Gasteiger partial charge in [0.05, 0.1) is 11.8 Å². The molecule has 2 aromatic rings. The van der Waals surface area contributed by atoms with Gasteiger partial charge in [-0.05, 0) is 30.9 Å². The number of piperidine rings is 1. The summed E-state index contributed by atoms with van der Waals surface area (Å²) < 4.78 is 40.9. The zero-order valence-corrected chi connectivity index (χ0v) is 16.4. The van der Waals surface area contributed by atoms with Gasteiger partial charge < -0.3 is 14.8 Å². The van der Waals surface area contributed by atoms with Crippen molar-refractivity contribution in [2.45, 2.75) is 25.6 Å². The number of amides is 2.